The van der Waals surface area contributed by atoms with Crippen molar-refractivity contribution in [2.24, 2.45) is 11.8 Å². The quantitative estimate of drug-likeness (QED) is 0.389. The Balaban J connectivity index is 1.75. The molecule has 0 spiro atoms. The van der Waals surface area contributed by atoms with Crippen molar-refractivity contribution in [3.63, 3.8) is 0 Å². The number of rotatable bonds is 10. The van der Waals surface area contributed by atoms with Gasteiger partial charge < -0.3 is 15.1 Å². The summed E-state index contributed by atoms with van der Waals surface area (Å²) in [6, 6.07) is 15.8. The van der Waals surface area contributed by atoms with Crippen LogP contribution in [0.1, 0.15) is 64.9 Å². The molecule has 2 amide bonds. The minimum Gasteiger partial charge on any atom is -0.380 e. The number of benzene rings is 2. The van der Waals surface area contributed by atoms with Gasteiger partial charge in [0.25, 0.3) is 0 Å². The smallest absolute Gasteiger partial charge is 0.230 e. The van der Waals surface area contributed by atoms with Crippen molar-refractivity contribution in [3.05, 3.63) is 65.5 Å². The van der Waals surface area contributed by atoms with E-state index in [4.69, 9.17) is 6.57 Å². The first-order chi connectivity index (χ1) is 17.5. The summed E-state index contributed by atoms with van der Waals surface area (Å²) in [5.41, 5.74) is 3.21. The predicted octanol–water partition coefficient (Wildman–Crippen LogP) is 6.48. The normalized spacial score (nSPS) is 14.8. The first kappa shape index (κ1) is 27.3. The Kier molecular flexibility index (Phi) is 9.93. The average Bonchev–Trinajstić information content (AvgIpc) is 2.91. The number of nitrogens with one attached hydrogen (secondary N) is 1. The zero-order valence-corrected chi connectivity index (χ0v) is 22.2. The van der Waals surface area contributed by atoms with Crippen molar-refractivity contribution in [3.8, 4) is 0 Å². The number of piperidine rings is 1. The van der Waals surface area contributed by atoms with Crippen LogP contribution in [0.25, 0.3) is 4.85 Å². The molecular formula is C30H40N4O2. The van der Waals surface area contributed by atoms with Gasteiger partial charge in [-0.3, -0.25) is 9.59 Å². The molecule has 2 aromatic rings. The van der Waals surface area contributed by atoms with Gasteiger partial charge in [0.2, 0.25) is 17.5 Å². The van der Waals surface area contributed by atoms with Crippen molar-refractivity contribution in [2.45, 2.75) is 59.3 Å². The van der Waals surface area contributed by atoms with Crippen molar-refractivity contribution < 1.29 is 9.59 Å². The highest BCUT2D eigenvalue weighted by Gasteiger charge is 2.35. The van der Waals surface area contributed by atoms with Gasteiger partial charge in [-0.2, -0.15) is 0 Å². The predicted molar refractivity (Wildman–Crippen MR) is 147 cm³/mol. The van der Waals surface area contributed by atoms with Gasteiger partial charge in [-0.25, -0.2) is 4.85 Å². The average molecular weight is 489 g/mol. The van der Waals surface area contributed by atoms with Crippen LogP contribution in [0.3, 0.4) is 0 Å². The summed E-state index contributed by atoms with van der Waals surface area (Å²) in [6.07, 6.45) is 3.37. The van der Waals surface area contributed by atoms with Gasteiger partial charge in [0, 0.05) is 43.5 Å². The number of anilines is 2. The van der Waals surface area contributed by atoms with E-state index in [0.717, 1.165) is 50.0 Å². The van der Waals surface area contributed by atoms with Crippen LogP contribution in [0.2, 0.25) is 0 Å². The molecule has 1 fully saturated rings. The molecule has 0 aromatic heterocycles. The van der Waals surface area contributed by atoms with E-state index in [-0.39, 0.29) is 29.6 Å². The van der Waals surface area contributed by atoms with Crippen molar-refractivity contribution in [1.82, 2.24) is 4.90 Å². The summed E-state index contributed by atoms with van der Waals surface area (Å²) < 4.78 is 0. The largest absolute Gasteiger partial charge is 0.380 e. The number of carbonyl (C=O) groups excluding carboxylic acids is 2. The summed E-state index contributed by atoms with van der Waals surface area (Å²) in [5.74, 6) is 0.318. The fourth-order valence-electron chi connectivity index (χ4n) is 5.34. The highest BCUT2D eigenvalue weighted by atomic mass is 16.2. The molecule has 0 bridgehead atoms. The summed E-state index contributed by atoms with van der Waals surface area (Å²) in [5, 5.41) is 2.98. The van der Waals surface area contributed by atoms with Gasteiger partial charge in [-0.1, -0.05) is 44.2 Å². The monoisotopic (exact) mass is 488 g/mol. The first-order valence-corrected chi connectivity index (χ1v) is 13.4. The van der Waals surface area contributed by atoms with Crippen LogP contribution >= 0.6 is 0 Å². The van der Waals surface area contributed by atoms with Crippen LogP contribution in [0.5, 0.6) is 0 Å². The van der Waals surface area contributed by atoms with Crippen molar-refractivity contribution in [2.75, 3.05) is 36.4 Å². The third kappa shape index (κ3) is 6.26. The molecule has 0 radical (unpaired) electrons. The van der Waals surface area contributed by atoms with Gasteiger partial charge in [-0.05, 0) is 69.2 Å². The second-order valence-corrected chi connectivity index (χ2v) is 9.54. The molecule has 36 heavy (non-hydrogen) atoms. The minimum atomic E-state index is -0.142. The number of amides is 2. The molecule has 6 nitrogen and oxygen atoms in total. The SMILES string of the molecule is [C-]#[N+]c1cc(NC(=O)C(CC)CC)ccc1N1CCC(C(C(=O)N(CC)CC)c2ccccc2)CC1. The Morgan fingerprint density at radius 3 is 2.22 bits per heavy atom. The summed E-state index contributed by atoms with van der Waals surface area (Å²) in [4.78, 5) is 34.0. The molecule has 1 aliphatic heterocycles. The van der Waals surface area contributed by atoms with E-state index in [1.165, 1.54) is 0 Å². The van der Waals surface area contributed by atoms with E-state index in [2.05, 4.69) is 27.2 Å². The lowest BCUT2D eigenvalue weighted by molar-refractivity contribution is -0.134. The van der Waals surface area contributed by atoms with Gasteiger partial charge in [0.1, 0.15) is 0 Å². The fourth-order valence-corrected chi connectivity index (χ4v) is 5.34. The maximum Gasteiger partial charge on any atom is 0.230 e. The summed E-state index contributed by atoms with van der Waals surface area (Å²) >= 11 is 0. The number of hydrogen-bond donors (Lipinski definition) is 1. The Morgan fingerprint density at radius 2 is 1.67 bits per heavy atom. The van der Waals surface area contributed by atoms with Crippen LogP contribution < -0.4 is 10.2 Å². The molecule has 0 saturated carbocycles. The second kappa shape index (κ2) is 13.1. The molecule has 0 aliphatic carbocycles. The molecule has 1 unspecified atom stereocenters. The molecule has 192 valence electrons. The van der Waals surface area contributed by atoms with Crippen LogP contribution in [0.15, 0.2) is 48.5 Å². The highest BCUT2D eigenvalue weighted by Crippen LogP contribution is 2.39. The lowest BCUT2D eigenvalue weighted by Gasteiger charge is -2.39. The fraction of sp³-hybridized carbons (Fsp3) is 0.500. The lowest BCUT2D eigenvalue weighted by Crippen LogP contribution is -2.42. The number of hydrogen-bond acceptors (Lipinski definition) is 3. The summed E-state index contributed by atoms with van der Waals surface area (Å²) in [6.45, 7) is 18.9. The van der Waals surface area contributed by atoms with E-state index in [1.807, 2.05) is 62.9 Å². The van der Waals surface area contributed by atoms with Gasteiger partial charge in [0.05, 0.1) is 12.5 Å². The van der Waals surface area contributed by atoms with Gasteiger partial charge in [-0.15, -0.1) is 0 Å². The first-order valence-electron chi connectivity index (χ1n) is 13.4. The molecule has 1 N–H and O–H groups in total. The Labute approximate surface area is 216 Å². The van der Waals surface area contributed by atoms with E-state index in [1.54, 1.807) is 6.07 Å². The lowest BCUT2D eigenvalue weighted by atomic mass is 9.79. The Bertz CT molecular complexity index is 1050. The standard InChI is InChI=1S/C30H40N4O2/c1-6-22(7-2)29(35)32-25-15-16-27(26(21-25)31-5)34-19-17-24(18-20-34)28(23-13-11-10-12-14-23)30(36)33(8-3)9-4/h10-16,21-22,24,28H,6-9,17-20H2,1-4H3,(H,32,35). The van der Waals surface area contributed by atoms with E-state index < -0.39 is 0 Å². The topological polar surface area (TPSA) is 57.0 Å². The zero-order chi connectivity index (χ0) is 26.1. The maximum absolute atomic E-state index is 13.5. The van der Waals surface area contributed by atoms with Crippen molar-refractivity contribution in [1.29, 1.82) is 0 Å². The molecular weight excluding hydrogens is 448 g/mol. The second-order valence-electron chi connectivity index (χ2n) is 9.54. The third-order valence-electron chi connectivity index (χ3n) is 7.57. The van der Waals surface area contributed by atoms with E-state index in [9.17, 15) is 9.59 Å². The minimum absolute atomic E-state index is 0.00863. The molecule has 1 heterocycles. The third-order valence-corrected chi connectivity index (χ3v) is 7.57. The molecule has 1 saturated heterocycles. The maximum atomic E-state index is 13.5. The number of nitrogens with zero attached hydrogens (tertiary/aromatic N) is 3. The van der Waals surface area contributed by atoms with E-state index >= 15 is 0 Å². The van der Waals surface area contributed by atoms with Crippen LogP contribution in [0, 0.1) is 18.4 Å². The van der Waals surface area contributed by atoms with Gasteiger partial charge >= 0.3 is 0 Å². The molecule has 2 aromatic carbocycles. The van der Waals surface area contributed by atoms with E-state index in [0.29, 0.717) is 24.5 Å². The van der Waals surface area contributed by atoms with Crippen LogP contribution in [-0.2, 0) is 9.59 Å². The molecule has 3 rings (SSSR count). The Morgan fingerprint density at radius 1 is 1.03 bits per heavy atom. The van der Waals surface area contributed by atoms with Crippen LogP contribution in [-0.4, -0.2) is 42.9 Å². The molecule has 1 aliphatic rings. The molecule has 1 atom stereocenters. The Hall–Kier alpha value is -3.33. The highest BCUT2D eigenvalue weighted by molar-refractivity contribution is 5.94. The molecule has 6 heteroatoms. The number of carbonyl (C=O) groups is 2. The summed E-state index contributed by atoms with van der Waals surface area (Å²) in [7, 11) is 0. The van der Waals surface area contributed by atoms with Gasteiger partial charge in [0.15, 0.2) is 0 Å². The number of likely N-dealkylation sites (N-methyl/N-ethyl adjacent to an activating group) is 1. The van der Waals surface area contributed by atoms with Crippen LogP contribution in [0.4, 0.5) is 17.1 Å². The zero-order valence-electron chi connectivity index (χ0n) is 22.2. The van der Waals surface area contributed by atoms with Crippen molar-refractivity contribution >= 4 is 28.9 Å².